The van der Waals surface area contributed by atoms with E-state index in [1.54, 1.807) is 0 Å². The molecule has 0 saturated heterocycles. The summed E-state index contributed by atoms with van der Waals surface area (Å²) in [5.41, 5.74) is 17.6. The smallest absolute Gasteiger partial charge is 0.0463 e. The van der Waals surface area contributed by atoms with Crippen LogP contribution in [0.4, 0.5) is 68.2 Å². The van der Waals surface area contributed by atoms with Crippen LogP contribution in [0.3, 0.4) is 0 Å². The van der Waals surface area contributed by atoms with Gasteiger partial charge in [-0.15, -0.1) is 0 Å². The van der Waals surface area contributed by atoms with E-state index in [1.165, 1.54) is 0 Å². The first kappa shape index (κ1) is 44.8. The number of nitrogens with zero attached hydrogens (tertiary/aromatic N) is 4. The molecule has 0 fully saturated rings. The summed E-state index contributed by atoms with van der Waals surface area (Å²) < 4.78 is 0. The first-order valence-corrected chi connectivity index (χ1v) is 24.4. The van der Waals surface area contributed by atoms with Crippen LogP contribution in [-0.2, 0) is 0 Å². The van der Waals surface area contributed by atoms with Gasteiger partial charge in [-0.25, -0.2) is 0 Å². The number of hydrogen-bond donors (Lipinski definition) is 0. The monoisotopic (exact) mass is 924 g/mol. The normalized spacial score (nSPS) is 11.1. The zero-order valence-corrected chi connectivity index (χ0v) is 39.8. The minimum atomic E-state index is 1.07. The molecule has 344 valence electrons. The number of anilines is 12. The molecule has 0 spiro atoms. The van der Waals surface area contributed by atoms with Gasteiger partial charge in [-0.3, -0.25) is 0 Å². The molecule has 0 aromatic heterocycles. The molecule has 4 heteroatoms. The van der Waals surface area contributed by atoms with Crippen LogP contribution in [0.5, 0.6) is 0 Å². The third kappa shape index (κ3) is 9.93. The summed E-state index contributed by atoms with van der Waals surface area (Å²) in [6.07, 6.45) is 2.30. The van der Waals surface area contributed by atoms with E-state index < -0.39 is 0 Å². The van der Waals surface area contributed by atoms with E-state index in [4.69, 9.17) is 0 Å². The van der Waals surface area contributed by atoms with E-state index in [1.807, 2.05) is 0 Å². The van der Waals surface area contributed by atoms with Crippen LogP contribution in [0.25, 0.3) is 11.6 Å². The molecule has 0 amide bonds. The van der Waals surface area contributed by atoms with Crippen molar-refractivity contribution in [2.45, 2.75) is 0 Å². The van der Waals surface area contributed by atoms with Crippen LogP contribution in [0, 0.1) is 0 Å². The van der Waals surface area contributed by atoms with Gasteiger partial charge in [0.2, 0.25) is 0 Å². The van der Waals surface area contributed by atoms with Gasteiger partial charge in [-0.05, 0) is 174 Å². The molecule has 0 aliphatic heterocycles. The highest BCUT2D eigenvalue weighted by Gasteiger charge is 2.19. The second kappa shape index (κ2) is 21.3. The molecule has 0 atom stereocenters. The lowest BCUT2D eigenvalue weighted by molar-refractivity contribution is 1.25. The fraction of sp³-hybridized carbons (Fsp3) is 0. The molecule has 0 heterocycles. The zero-order chi connectivity index (χ0) is 48.3. The van der Waals surface area contributed by atoms with Gasteiger partial charge in [-0.1, -0.05) is 164 Å². The molecule has 0 bridgehead atoms. The second-order valence-corrected chi connectivity index (χ2v) is 17.5. The molecule has 0 unspecified atom stereocenters. The molecule has 0 aliphatic rings. The summed E-state index contributed by atoms with van der Waals surface area (Å²) in [7, 11) is 0. The Labute approximate surface area is 423 Å². The molecular weight excluding hydrogens is 873 g/mol. The zero-order valence-electron chi connectivity index (χ0n) is 39.8. The predicted octanol–water partition coefficient (Wildman–Crippen LogP) is 19.2. The quantitative estimate of drug-likeness (QED) is 0.0950. The Balaban J connectivity index is 0.906. The third-order valence-corrected chi connectivity index (χ3v) is 12.8. The Morgan fingerprint density at radius 1 is 0.181 bits per heavy atom. The van der Waals surface area contributed by atoms with Gasteiger partial charge >= 0.3 is 0 Å². The van der Waals surface area contributed by atoms with Gasteiger partial charge in [0, 0.05) is 68.2 Å². The van der Waals surface area contributed by atoms with Crippen molar-refractivity contribution < 1.29 is 0 Å². The lowest BCUT2D eigenvalue weighted by Gasteiger charge is -2.28. The minimum Gasteiger partial charge on any atom is -0.311 e. The lowest BCUT2D eigenvalue weighted by Crippen LogP contribution is -2.12. The molecule has 72 heavy (non-hydrogen) atoms. The van der Waals surface area contributed by atoms with Crippen LogP contribution in [0.1, 0.15) is 16.7 Å². The van der Waals surface area contributed by atoms with Crippen LogP contribution >= 0.6 is 0 Å². The van der Waals surface area contributed by atoms with E-state index in [0.29, 0.717) is 0 Å². The first-order valence-electron chi connectivity index (χ1n) is 24.4. The molecule has 0 aliphatic carbocycles. The Bertz CT molecular complexity index is 3370. The van der Waals surface area contributed by atoms with Crippen molar-refractivity contribution in [1.29, 1.82) is 0 Å². The Hall–Kier alpha value is -9.64. The fourth-order valence-electron chi connectivity index (χ4n) is 9.38. The largest absolute Gasteiger partial charge is 0.311 e. The molecule has 0 N–H and O–H groups in total. The molecule has 4 nitrogen and oxygen atoms in total. The van der Waals surface area contributed by atoms with Crippen LogP contribution < -0.4 is 19.6 Å². The summed E-state index contributed by atoms with van der Waals surface area (Å²) in [6.45, 7) is 0. The SMILES string of the molecule is C(=C(/c1ccccc1)c1ccc(N(c2ccccc2)c2ccc(N(c3ccccc3)c3ccccc3)cc2)cc1)/c1ccc(N(c2ccccc2)c2ccc(N(c3ccccc3)c3ccccc3)cc2)cc1. The topological polar surface area (TPSA) is 13.0 Å². The summed E-state index contributed by atoms with van der Waals surface area (Å²) in [5.74, 6) is 0. The van der Waals surface area contributed by atoms with E-state index in [0.717, 1.165) is 90.5 Å². The fourth-order valence-corrected chi connectivity index (χ4v) is 9.38. The van der Waals surface area contributed by atoms with E-state index in [-0.39, 0.29) is 0 Å². The molecule has 0 saturated carbocycles. The van der Waals surface area contributed by atoms with Gasteiger partial charge < -0.3 is 19.6 Å². The standard InChI is InChI=1S/C68H52N4/c1-8-22-54(23-9-1)68(55-38-42-63(43-39-55)72(61-34-20-7-21-35-61)67-50-46-65(47-51-67)70(58-28-14-4-15-29-58)59-30-16-5-17-31-59)52-53-36-40-62(41-37-53)71(60-32-18-6-19-33-60)66-48-44-64(45-49-66)69(56-24-10-2-11-25-56)57-26-12-3-13-27-57/h1-52H/b68-52+. The number of hydrogen-bond acceptors (Lipinski definition) is 4. The molecule has 11 aromatic rings. The van der Waals surface area contributed by atoms with Gasteiger partial charge in [0.15, 0.2) is 0 Å². The number of benzene rings is 11. The number of rotatable bonds is 15. The molecule has 11 aromatic carbocycles. The van der Waals surface area contributed by atoms with Crippen molar-refractivity contribution in [2.75, 3.05) is 19.6 Å². The van der Waals surface area contributed by atoms with Crippen molar-refractivity contribution in [2.24, 2.45) is 0 Å². The van der Waals surface area contributed by atoms with E-state index in [9.17, 15) is 0 Å². The van der Waals surface area contributed by atoms with Crippen molar-refractivity contribution in [3.63, 3.8) is 0 Å². The van der Waals surface area contributed by atoms with Crippen LogP contribution in [0.2, 0.25) is 0 Å². The van der Waals surface area contributed by atoms with Crippen LogP contribution in [-0.4, -0.2) is 0 Å². The molecule has 11 rings (SSSR count). The highest BCUT2D eigenvalue weighted by Crippen LogP contribution is 2.42. The third-order valence-electron chi connectivity index (χ3n) is 12.8. The summed E-state index contributed by atoms with van der Waals surface area (Å²) in [4.78, 5) is 9.22. The Morgan fingerprint density at radius 2 is 0.361 bits per heavy atom. The average Bonchev–Trinajstić information content (AvgIpc) is 3.46. The second-order valence-electron chi connectivity index (χ2n) is 17.5. The van der Waals surface area contributed by atoms with Gasteiger partial charge in [0.1, 0.15) is 0 Å². The van der Waals surface area contributed by atoms with Gasteiger partial charge in [0.25, 0.3) is 0 Å². The van der Waals surface area contributed by atoms with Crippen molar-refractivity contribution in [3.8, 4) is 0 Å². The Kier molecular flexibility index (Phi) is 13.3. The lowest BCUT2D eigenvalue weighted by atomic mass is 9.95. The highest BCUT2D eigenvalue weighted by atomic mass is 15.2. The maximum atomic E-state index is 2.32. The Morgan fingerprint density at radius 3 is 0.611 bits per heavy atom. The number of para-hydroxylation sites is 6. The first-order chi connectivity index (χ1) is 35.7. The average molecular weight is 925 g/mol. The van der Waals surface area contributed by atoms with Gasteiger partial charge in [0.05, 0.1) is 0 Å². The summed E-state index contributed by atoms with van der Waals surface area (Å²) in [5, 5.41) is 0. The summed E-state index contributed by atoms with van der Waals surface area (Å²) in [6, 6.07) is 110. The van der Waals surface area contributed by atoms with Crippen molar-refractivity contribution in [1.82, 2.24) is 0 Å². The van der Waals surface area contributed by atoms with E-state index >= 15 is 0 Å². The summed E-state index contributed by atoms with van der Waals surface area (Å²) >= 11 is 0. The van der Waals surface area contributed by atoms with Crippen LogP contribution in [0.15, 0.2) is 309 Å². The van der Waals surface area contributed by atoms with Gasteiger partial charge in [-0.2, -0.15) is 0 Å². The highest BCUT2D eigenvalue weighted by molar-refractivity contribution is 5.93. The van der Waals surface area contributed by atoms with Crippen molar-refractivity contribution >= 4 is 79.9 Å². The van der Waals surface area contributed by atoms with Crippen molar-refractivity contribution in [3.05, 3.63) is 326 Å². The minimum absolute atomic E-state index is 1.07. The molecular formula is C68H52N4. The maximum absolute atomic E-state index is 2.32. The van der Waals surface area contributed by atoms with E-state index in [2.05, 4.69) is 335 Å². The maximum Gasteiger partial charge on any atom is 0.0463 e. The molecule has 0 radical (unpaired) electrons. The predicted molar refractivity (Wildman–Crippen MR) is 305 cm³/mol.